The van der Waals surface area contributed by atoms with E-state index in [1.165, 1.54) is 24.3 Å². The molecule has 0 heterocycles. The third kappa shape index (κ3) is 25.4. The summed E-state index contributed by atoms with van der Waals surface area (Å²) in [7, 11) is 0. The third-order valence-electron chi connectivity index (χ3n) is 18.4. The van der Waals surface area contributed by atoms with Crippen LogP contribution >= 0.6 is 0 Å². The molecule has 6 rings (SSSR count). The highest BCUT2D eigenvalue weighted by atomic mass is 17.2. The zero-order valence-corrected chi connectivity index (χ0v) is 56.5. The molecule has 20 heteroatoms. The van der Waals surface area contributed by atoms with E-state index in [1.807, 2.05) is 27.7 Å². The van der Waals surface area contributed by atoms with Crippen LogP contribution in [0.25, 0.3) is 0 Å². The number of ether oxygens (including phenoxy) is 8. The lowest BCUT2D eigenvalue weighted by molar-refractivity contribution is -0.187. The van der Waals surface area contributed by atoms with Crippen molar-refractivity contribution in [3.05, 3.63) is 69.8 Å². The van der Waals surface area contributed by atoms with Crippen molar-refractivity contribution in [2.45, 2.75) is 333 Å². The van der Waals surface area contributed by atoms with Crippen LogP contribution in [0, 0.1) is 0 Å². The summed E-state index contributed by atoms with van der Waals surface area (Å²) in [5.41, 5.74) is -3.16. The molecule has 0 saturated heterocycles. The van der Waals surface area contributed by atoms with E-state index in [2.05, 4.69) is 0 Å². The Labute approximate surface area is 556 Å². The van der Waals surface area contributed by atoms with Crippen molar-refractivity contribution in [3.8, 4) is 0 Å². The van der Waals surface area contributed by atoms with Gasteiger partial charge in [-0.2, -0.15) is 0 Å². The van der Waals surface area contributed by atoms with Gasteiger partial charge in [-0.25, -0.2) is 38.5 Å². The molecule has 0 bridgehead atoms. The van der Waals surface area contributed by atoms with Crippen molar-refractivity contribution in [2.24, 2.45) is 0 Å². The number of hydrogen-bond donors (Lipinski definition) is 0. The summed E-state index contributed by atoms with van der Waals surface area (Å²) >= 11 is 0. The number of carbonyl (C=O) groups excluding carboxylic acids is 10. The van der Waals surface area contributed by atoms with Crippen molar-refractivity contribution in [1.82, 2.24) is 0 Å². The topological polar surface area (TPSA) is 263 Å². The highest BCUT2D eigenvalue weighted by molar-refractivity contribution is 6.18. The molecule has 522 valence electrons. The van der Waals surface area contributed by atoms with E-state index in [-0.39, 0.29) is 36.8 Å². The van der Waals surface area contributed by atoms with Gasteiger partial charge < -0.3 is 37.9 Å². The summed E-state index contributed by atoms with van der Waals surface area (Å²) in [6.07, 6.45) is 14.0. The second-order valence-electron chi connectivity index (χ2n) is 26.0. The Morgan fingerprint density at radius 2 is 0.543 bits per heavy atom. The van der Waals surface area contributed by atoms with Gasteiger partial charge in [0.05, 0.1) is 11.1 Å². The van der Waals surface area contributed by atoms with E-state index in [4.69, 9.17) is 47.7 Å². The zero-order chi connectivity index (χ0) is 67.5. The lowest BCUT2D eigenvalue weighted by Gasteiger charge is -2.25. The van der Waals surface area contributed by atoms with Gasteiger partial charge in [0.25, 0.3) is 0 Å². The van der Waals surface area contributed by atoms with Gasteiger partial charge in [0.2, 0.25) is 23.1 Å². The van der Waals surface area contributed by atoms with Gasteiger partial charge in [0, 0.05) is 22.3 Å². The van der Waals surface area contributed by atoms with Gasteiger partial charge in [-0.1, -0.05) is 155 Å². The molecular weight excluding hydrogens is 1210 g/mol. The van der Waals surface area contributed by atoms with E-state index in [0.29, 0.717) is 103 Å². The highest BCUT2D eigenvalue weighted by Gasteiger charge is 2.40. The Bertz CT molecular complexity index is 2550. The Kier molecular flexibility index (Phi) is 34.5. The van der Waals surface area contributed by atoms with Gasteiger partial charge in [-0.05, 0) is 166 Å². The first-order chi connectivity index (χ1) is 45.6. The lowest BCUT2D eigenvalue weighted by Crippen LogP contribution is -2.35. The summed E-state index contributed by atoms with van der Waals surface area (Å²) in [6.45, 7) is 8.05. The maximum absolute atomic E-state index is 15.5. The number of Topliss-reactive ketones (excluding diaryl/α,β-unsaturated/α-hetero) is 4. The zero-order valence-electron chi connectivity index (χ0n) is 56.5. The molecule has 0 radical (unpaired) electrons. The molecule has 0 aromatic heterocycles. The fraction of sp³-hybridized carbons (Fsp3) is 0.703. The molecule has 4 atom stereocenters. The third-order valence-corrected chi connectivity index (χ3v) is 18.4. The fourth-order valence-corrected chi connectivity index (χ4v) is 13.1. The lowest BCUT2D eigenvalue weighted by atomic mass is 9.88. The molecule has 0 spiro atoms. The smallest absolute Gasteiger partial charge is 0.431 e. The SMILES string of the molecule is CCCCCCC(OC(=O)OC1CCCCC1)C(=O)c1cccc(C(=O)OOC(=O)c2cccc(C(=O)C(CCCCCC)OC(=O)OC3CCCCC3)c2C(=O)C(CCCCCC)OC(=O)OC2CCCCC2)c1C(=O)C(CCCCCC)OC(=O)OC1CCCCC1. The molecule has 4 aliphatic carbocycles. The summed E-state index contributed by atoms with van der Waals surface area (Å²) in [4.78, 5) is 156. The number of hydrogen-bond acceptors (Lipinski definition) is 20. The van der Waals surface area contributed by atoms with E-state index >= 15 is 19.2 Å². The van der Waals surface area contributed by atoms with Crippen LogP contribution in [0.2, 0.25) is 0 Å². The molecule has 2 aromatic carbocycles. The number of unbranched alkanes of at least 4 members (excludes halogenated alkanes) is 12. The second kappa shape index (κ2) is 42.5. The van der Waals surface area contributed by atoms with Crippen LogP contribution in [0.1, 0.15) is 347 Å². The number of ketones is 4. The quantitative estimate of drug-likeness (QED) is 0.0151. The number of benzene rings is 2. The maximum Gasteiger partial charge on any atom is 0.509 e. The molecule has 4 aliphatic rings. The molecule has 0 amide bonds. The van der Waals surface area contributed by atoms with Crippen LogP contribution in [-0.2, 0) is 47.7 Å². The van der Waals surface area contributed by atoms with Crippen molar-refractivity contribution in [2.75, 3.05) is 0 Å². The summed E-state index contributed by atoms with van der Waals surface area (Å²) in [6, 6.07) is 7.47. The Morgan fingerprint density at radius 1 is 0.309 bits per heavy atom. The molecule has 4 fully saturated rings. The molecule has 4 unspecified atom stereocenters. The molecule has 20 nitrogen and oxygen atoms in total. The summed E-state index contributed by atoms with van der Waals surface area (Å²) < 4.78 is 46.3. The van der Waals surface area contributed by atoms with E-state index < -0.39 is 131 Å². The van der Waals surface area contributed by atoms with Crippen molar-refractivity contribution < 1.29 is 95.6 Å². The Hall–Kier alpha value is -6.86. The largest absolute Gasteiger partial charge is 0.509 e. The van der Waals surface area contributed by atoms with Crippen molar-refractivity contribution >= 4 is 59.7 Å². The van der Waals surface area contributed by atoms with Gasteiger partial charge in [0.15, 0.2) is 24.4 Å². The first-order valence-corrected chi connectivity index (χ1v) is 36.0. The van der Waals surface area contributed by atoms with Crippen molar-refractivity contribution in [1.29, 1.82) is 0 Å². The van der Waals surface area contributed by atoms with Crippen LogP contribution < -0.4 is 0 Å². The Morgan fingerprint density at radius 3 is 0.787 bits per heavy atom. The molecule has 4 saturated carbocycles. The first kappa shape index (κ1) is 76.2. The van der Waals surface area contributed by atoms with Crippen LogP contribution in [-0.4, -0.2) is 109 Å². The van der Waals surface area contributed by atoms with Crippen LogP contribution in [0.5, 0.6) is 0 Å². The normalized spacial score (nSPS) is 17.0. The van der Waals surface area contributed by atoms with E-state index in [9.17, 15) is 28.8 Å². The average Bonchev–Trinajstić information content (AvgIpc) is 0.796. The molecular formula is C74H106O20. The van der Waals surface area contributed by atoms with Gasteiger partial charge in [0.1, 0.15) is 24.4 Å². The number of rotatable bonds is 38. The number of carbonyl (C=O) groups is 10. The highest BCUT2D eigenvalue weighted by Crippen LogP contribution is 2.32. The standard InChI is InChI=1S/C74H106O20/c1-5-9-13-29-47-59(89-71(81)85-51-35-21-17-22-36-51)65(75)55-43-33-45-57(63(55)67(77)61(49-31-15-11-7-3)91-73(83)87-53-39-25-19-26-40-53)69(79)93-94-70(80)58-46-34-44-56(66(76)60(48-30-14-10-6-2)90-72(82)86-52-37-23-18-24-38-52)64(58)68(78)62(50-32-16-12-8-4)92-74(84)88-54-41-27-20-28-42-54/h33-34,43-46,51-54,59-62H,5-32,35-42,47-50H2,1-4H3. The molecule has 2 aromatic rings. The molecule has 0 aliphatic heterocycles. The predicted octanol–water partition coefficient (Wildman–Crippen LogP) is 18.6. The van der Waals surface area contributed by atoms with Gasteiger partial charge >= 0.3 is 36.6 Å². The minimum Gasteiger partial charge on any atom is -0.431 e. The average molecular weight is 1320 g/mol. The van der Waals surface area contributed by atoms with Crippen molar-refractivity contribution in [3.63, 3.8) is 0 Å². The minimum absolute atomic E-state index is 0.0222. The predicted molar refractivity (Wildman–Crippen MR) is 349 cm³/mol. The maximum atomic E-state index is 15.5. The first-order valence-electron chi connectivity index (χ1n) is 36.0. The minimum atomic E-state index is -1.62. The molecule has 94 heavy (non-hydrogen) atoms. The van der Waals surface area contributed by atoms with Crippen LogP contribution in [0.4, 0.5) is 19.2 Å². The summed E-state index contributed by atoms with van der Waals surface area (Å²) in [5.74, 6) is -6.69. The monoisotopic (exact) mass is 1310 g/mol. The van der Waals surface area contributed by atoms with Crippen LogP contribution in [0.3, 0.4) is 0 Å². The Balaban J connectivity index is 1.42. The van der Waals surface area contributed by atoms with Gasteiger partial charge in [-0.15, -0.1) is 0 Å². The van der Waals surface area contributed by atoms with E-state index in [1.54, 1.807) is 0 Å². The van der Waals surface area contributed by atoms with Crippen LogP contribution in [0.15, 0.2) is 36.4 Å². The molecule has 0 N–H and O–H groups in total. The summed E-state index contributed by atoms with van der Waals surface area (Å²) in [5, 5.41) is 0. The van der Waals surface area contributed by atoms with Gasteiger partial charge in [-0.3, -0.25) is 19.2 Å². The fourth-order valence-electron chi connectivity index (χ4n) is 13.1. The second-order valence-corrected chi connectivity index (χ2v) is 26.0. The van der Waals surface area contributed by atoms with E-state index in [0.717, 1.165) is 141 Å².